The lowest BCUT2D eigenvalue weighted by atomic mass is 10.2. The summed E-state index contributed by atoms with van der Waals surface area (Å²) in [7, 11) is 0. The van der Waals surface area contributed by atoms with E-state index in [1.54, 1.807) is 25.1 Å². The van der Waals surface area contributed by atoms with E-state index in [0.717, 1.165) is 0 Å². The van der Waals surface area contributed by atoms with Gasteiger partial charge in [-0.05, 0) is 25.1 Å². The molecule has 2 aromatic rings. The van der Waals surface area contributed by atoms with Crippen LogP contribution in [0.3, 0.4) is 0 Å². The normalized spacial score (nSPS) is 10.2. The molecule has 0 aliphatic rings. The van der Waals surface area contributed by atoms with E-state index in [2.05, 4.69) is 4.98 Å². The number of hydrogen-bond donors (Lipinski definition) is 1. The number of pyridine rings is 1. The van der Waals surface area contributed by atoms with Gasteiger partial charge in [-0.2, -0.15) is 0 Å². The molecule has 0 aliphatic carbocycles. The van der Waals surface area contributed by atoms with Crippen molar-refractivity contribution in [3.05, 3.63) is 57.9 Å². The Hall–Kier alpha value is -2.41. The molecule has 0 bridgehead atoms. The minimum absolute atomic E-state index is 0.0440. The number of benzene rings is 1. The molecule has 102 valence electrons. The average Bonchev–Trinajstić information content (AvgIpc) is 2.41. The summed E-state index contributed by atoms with van der Waals surface area (Å²) in [5.41, 5.74) is 0.569. The zero-order valence-electron chi connectivity index (χ0n) is 10.4. The summed E-state index contributed by atoms with van der Waals surface area (Å²) >= 11 is 1.25. The molecular weight excluding hydrogens is 280 g/mol. The highest BCUT2D eigenvalue weighted by Gasteiger charge is 2.12. The Balaban J connectivity index is 2.30. The maximum atomic E-state index is 10.9. The molecule has 20 heavy (non-hydrogen) atoms. The third-order valence-corrected chi connectivity index (χ3v) is 3.54. The van der Waals surface area contributed by atoms with Crippen molar-refractivity contribution in [2.24, 2.45) is 0 Å². The quantitative estimate of drug-likeness (QED) is 0.686. The number of hydrogen-bond acceptors (Lipinski definition) is 5. The Morgan fingerprint density at radius 1 is 1.30 bits per heavy atom. The Morgan fingerprint density at radius 2 is 2.00 bits per heavy atom. The van der Waals surface area contributed by atoms with Gasteiger partial charge in [-0.3, -0.25) is 10.1 Å². The molecule has 1 aromatic carbocycles. The Morgan fingerprint density at radius 3 is 2.65 bits per heavy atom. The van der Waals surface area contributed by atoms with E-state index in [1.807, 2.05) is 0 Å². The van der Waals surface area contributed by atoms with Gasteiger partial charge in [-0.1, -0.05) is 17.8 Å². The molecule has 1 aromatic heterocycles. The SMILES string of the molecule is Cc1ccc(Sc2ccnc(C(=O)O)c2)cc1[N+](=O)[O-]. The van der Waals surface area contributed by atoms with Crippen LogP contribution in [0.15, 0.2) is 46.3 Å². The number of carbonyl (C=O) groups is 1. The van der Waals surface area contributed by atoms with Gasteiger partial charge in [-0.25, -0.2) is 9.78 Å². The van der Waals surface area contributed by atoms with E-state index in [4.69, 9.17) is 5.11 Å². The Labute approximate surface area is 118 Å². The van der Waals surface area contributed by atoms with Gasteiger partial charge in [0.05, 0.1) is 4.92 Å². The summed E-state index contributed by atoms with van der Waals surface area (Å²) in [4.78, 5) is 26.3. The Bertz CT molecular complexity index is 688. The topological polar surface area (TPSA) is 93.3 Å². The molecule has 0 saturated heterocycles. The second kappa shape index (κ2) is 5.70. The van der Waals surface area contributed by atoms with Crippen LogP contribution in [-0.2, 0) is 0 Å². The number of carboxylic acid groups (broad SMARTS) is 1. The molecule has 0 spiro atoms. The van der Waals surface area contributed by atoms with Gasteiger partial charge in [0.1, 0.15) is 5.69 Å². The summed E-state index contributed by atoms with van der Waals surface area (Å²) in [5.74, 6) is -1.11. The number of aryl methyl sites for hydroxylation is 1. The number of aromatic carboxylic acids is 1. The van der Waals surface area contributed by atoms with E-state index in [9.17, 15) is 14.9 Å². The first-order valence-electron chi connectivity index (χ1n) is 5.59. The number of rotatable bonds is 4. The van der Waals surface area contributed by atoms with Crippen molar-refractivity contribution in [2.75, 3.05) is 0 Å². The lowest BCUT2D eigenvalue weighted by Crippen LogP contribution is -1.99. The molecule has 0 radical (unpaired) electrons. The summed E-state index contributed by atoms with van der Waals surface area (Å²) in [6.07, 6.45) is 1.40. The van der Waals surface area contributed by atoms with Gasteiger partial charge in [0.25, 0.3) is 5.69 Å². The van der Waals surface area contributed by atoms with Gasteiger partial charge in [0, 0.05) is 27.6 Å². The fraction of sp³-hybridized carbons (Fsp3) is 0.0769. The van der Waals surface area contributed by atoms with Crippen molar-refractivity contribution in [3.8, 4) is 0 Å². The lowest BCUT2D eigenvalue weighted by Gasteiger charge is -2.04. The third kappa shape index (κ3) is 3.12. The first-order chi connectivity index (χ1) is 9.47. The molecule has 0 atom stereocenters. The van der Waals surface area contributed by atoms with Crippen molar-refractivity contribution >= 4 is 23.4 Å². The van der Waals surface area contributed by atoms with Gasteiger partial charge in [0.2, 0.25) is 0 Å². The minimum atomic E-state index is -1.11. The molecular formula is C13H10N2O4S. The predicted molar refractivity (Wildman–Crippen MR) is 73.2 cm³/mol. The standard InChI is InChI=1S/C13H10N2O4S/c1-8-2-3-9(7-12(8)15(18)19)20-10-4-5-14-11(6-10)13(16)17/h2-7H,1H3,(H,16,17). The summed E-state index contributed by atoms with van der Waals surface area (Å²) in [6, 6.07) is 7.98. The number of nitro benzene ring substituents is 1. The summed E-state index contributed by atoms with van der Waals surface area (Å²) in [5, 5.41) is 19.7. The van der Waals surface area contributed by atoms with Gasteiger partial charge in [0.15, 0.2) is 0 Å². The molecule has 7 heteroatoms. The van der Waals surface area contributed by atoms with Crippen molar-refractivity contribution in [3.63, 3.8) is 0 Å². The first kappa shape index (κ1) is 14.0. The van der Waals surface area contributed by atoms with Crippen LogP contribution in [0.4, 0.5) is 5.69 Å². The first-order valence-corrected chi connectivity index (χ1v) is 6.41. The smallest absolute Gasteiger partial charge is 0.354 e. The molecule has 1 N–H and O–H groups in total. The monoisotopic (exact) mass is 290 g/mol. The van der Waals surface area contributed by atoms with Crippen molar-refractivity contribution in [1.82, 2.24) is 4.98 Å². The van der Waals surface area contributed by atoms with E-state index in [1.165, 1.54) is 30.1 Å². The zero-order valence-corrected chi connectivity index (χ0v) is 11.3. The number of aromatic nitrogens is 1. The highest BCUT2D eigenvalue weighted by Crippen LogP contribution is 2.31. The van der Waals surface area contributed by atoms with Crippen LogP contribution in [0, 0.1) is 17.0 Å². The average molecular weight is 290 g/mol. The highest BCUT2D eigenvalue weighted by atomic mass is 32.2. The van der Waals surface area contributed by atoms with Crippen molar-refractivity contribution in [2.45, 2.75) is 16.7 Å². The number of carboxylic acids is 1. The molecule has 0 saturated carbocycles. The molecule has 2 rings (SSSR count). The second-order valence-electron chi connectivity index (χ2n) is 3.99. The maximum Gasteiger partial charge on any atom is 0.354 e. The van der Waals surface area contributed by atoms with Crippen molar-refractivity contribution < 1.29 is 14.8 Å². The molecule has 0 fully saturated rings. The fourth-order valence-electron chi connectivity index (χ4n) is 1.58. The molecule has 1 heterocycles. The molecule has 6 nitrogen and oxygen atoms in total. The summed E-state index contributed by atoms with van der Waals surface area (Å²) < 4.78 is 0. The fourth-order valence-corrected chi connectivity index (χ4v) is 2.46. The van der Waals surface area contributed by atoms with E-state index >= 15 is 0 Å². The van der Waals surface area contributed by atoms with Crippen LogP contribution < -0.4 is 0 Å². The predicted octanol–water partition coefficient (Wildman–Crippen LogP) is 3.15. The van der Waals surface area contributed by atoms with Gasteiger partial charge >= 0.3 is 5.97 Å². The number of nitrogens with zero attached hydrogens (tertiary/aromatic N) is 2. The van der Waals surface area contributed by atoms with Crippen LogP contribution in [-0.4, -0.2) is 21.0 Å². The molecule has 0 unspecified atom stereocenters. The van der Waals surface area contributed by atoms with Gasteiger partial charge < -0.3 is 5.11 Å². The van der Waals surface area contributed by atoms with Crippen LogP contribution in [0.25, 0.3) is 0 Å². The van der Waals surface area contributed by atoms with Crippen LogP contribution in [0.5, 0.6) is 0 Å². The highest BCUT2D eigenvalue weighted by molar-refractivity contribution is 7.99. The van der Waals surface area contributed by atoms with Gasteiger partial charge in [-0.15, -0.1) is 0 Å². The van der Waals surface area contributed by atoms with E-state index in [0.29, 0.717) is 15.4 Å². The molecule has 0 aliphatic heterocycles. The van der Waals surface area contributed by atoms with Crippen LogP contribution >= 0.6 is 11.8 Å². The second-order valence-corrected chi connectivity index (χ2v) is 5.14. The maximum absolute atomic E-state index is 10.9. The van der Waals surface area contributed by atoms with Crippen molar-refractivity contribution in [1.29, 1.82) is 0 Å². The zero-order chi connectivity index (χ0) is 14.7. The van der Waals surface area contributed by atoms with E-state index < -0.39 is 10.9 Å². The molecule has 0 amide bonds. The minimum Gasteiger partial charge on any atom is -0.477 e. The van der Waals surface area contributed by atoms with E-state index in [-0.39, 0.29) is 11.4 Å². The largest absolute Gasteiger partial charge is 0.477 e. The number of nitro groups is 1. The lowest BCUT2D eigenvalue weighted by molar-refractivity contribution is -0.385. The van der Waals surface area contributed by atoms with Crippen LogP contribution in [0.1, 0.15) is 16.1 Å². The third-order valence-electron chi connectivity index (χ3n) is 2.56. The van der Waals surface area contributed by atoms with Crippen LogP contribution in [0.2, 0.25) is 0 Å². The Kier molecular flexibility index (Phi) is 3.99. The summed E-state index contributed by atoms with van der Waals surface area (Å²) in [6.45, 7) is 1.67.